The van der Waals surface area contributed by atoms with Crippen LogP contribution in [-0.4, -0.2) is 47.8 Å². The van der Waals surface area contributed by atoms with E-state index in [2.05, 4.69) is 21.3 Å². The minimum absolute atomic E-state index is 0.203. The zero-order valence-electron chi connectivity index (χ0n) is 14.4. The molecule has 5 nitrogen and oxygen atoms in total. The van der Waals surface area contributed by atoms with Gasteiger partial charge in [-0.05, 0) is 36.8 Å². The lowest BCUT2D eigenvalue weighted by Gasteiger charge is -2.35. The third-order valence-electron chi connectivity index (χ3n) is 4.44. The number of ether oxygens (including phenoxy) is 1. The smallest absolute Gasteiger partial charge is 0.138 e. The van der Waals surface area contributed by atoms with E-state index in [9.17, 15) is 5.11 Å². The molecule has 1 saturated heterocycles. The fraction of sp³-hybridized carbons (Fsp3) is 0.421. The topological polar surface area (TPSA) is 57.6 Å². The standard InChI is InChI=1S/C19H24ClN3O2/c1-14-5-6-19(24)17(22-14)12-21-13-18(23-7-9-25-10-8-23)15-3-2-4-16(20)11-15/h2-6,11,18,21,24H,7-10,12-13H2,1H3. The van der Waals surface area contributed by atoms with Gasteiger partial charge in [0.2, 0.25) is 0 Å². The van der Waals surface area contributed by atoms with Crippen molar-refractivity contribution in [3.05, 3.63) is 58.4 Å². The Morgan fingerprint density at radius 1 is 1.28 bits per heavy atom. The number of aromatic nitrogens is 1. The number of nitrogens with one attached hydrogen (secondary N) is 1. The molecule has 2 aromatic rings. The predicted molar refractivity (Wildman–Crippen MR) is 98.9 cm³/mol. The molecule has 1 aromatic heterocycles. The number of aromatic hydroxyl groups is 1. The van der Waals surface area contributed by atoms with Crippen molar-refractivity contribution in [2.24, 2.45) is 0 Å². The third kappa shape index (κ3) is 4.92. The molecule has 0 saturated carbocycles. The minimum atomic E-state index is 0.203. The molecule has 1 unspecified atom stereocenters. The first kappa shape index (κ1) is 18.1. The number of nitrogens with zero attached hydrogens (tertiary/aromatic N) is 2. The summed E-state index contributed by atoms with van der Waals surface area (Å²) in [6.45, 7) is 6.48. The van der Waals surface area contributed by atoms with E-state index in [1.165, 1.54) is 5.56 Å². The van der Waals surface area contributed by atoms with Crippen LogP contribution in [0.25, 0.3) is 0 Å². The van der Waals surface area contributed by atoms with Crippen molar-refractivity contribution in [3.8, 4) is 5.75 Å². The average Bonchev–Trinajstić information content (AvgIpc) is 2.62. The van der Waals surface area contributed by atoms with Crippen LogP contribution in [0.15, 0.2) is 36.4 Å². The molecule has 1 aromatic carbocycles. The first-order chi connectivity index (χ1) is 12.1. The van der Waals surface area contributed by atoms with Crippen LogP contribution in [-0.2, 0) is 11.3 Å². The highest BCUT2D eigenvalue weighted by atomic mass is 35.5. The van der Waals surface area contributed by atoms with Gasteiger partial charge in [-0.15, -0.1) is 0 Å². The molecule has 1 fully saturated rings. The highest BCUT2D eigenvalue weighted by molar-refractivity contribution is 6.30. The Morgan fingerprint density at radius 3 is 2.84 bits per heavy atom. The Morgan fingerprint density at radius 2 is 2.08 bits per heavy atom. The van der Waals surface area contributed by atoms with Gasteiger partial charge in [0.1, 0.15) is 5.75 Å². The molecular formula is C19H24ClN3O2. The molecule has 0 spiro atoms. The summed E-state index contributed by atoms with van der Waals surface area (Å²) in [6, 6.07) is 11.7. The number of morpholine rings is 1. The Labute approximate surface area is 153 Å². The summed E-state index contributed by atoms with van der Waals surface area (Å²) >= 11 is 6.19. The van der Waals surface area contributed by atoms with Crippen molar-refractivity contribution in [1.29, 1.82) is 0 Å². The van der Waals surface area contributed by atoms with Crippen molar-refractivity contribution in [2.45, 2.75) is 19.5 Å². The molecule has 0 aliphatic carbocycles. The summed E-state index contributed by atoms with van der Waals surface area (Å²) in [4.78, 5) is 6.81. The van der Waals surface area contributed by atoms with Crippen LogP contribution >= 0.6 is 11.6 Å². The van der Waals surface area contributed by atoms with Crippen molar-refractivity contribution in [1.82, 2.24) is 15.2 Å². The van der Waals surface area contributed by atoms with Crippen molar-refractivity contribution < 1.29 is 9.84 Å². The van der Waals surface area contributed by atoms with Crippen molar-refractivity contribution >= 4 is 11.6 Å². The largest absolute Gasteiger partial charge is 0.506 e. The van der Waals surface area contributed by atoms with E-state index >= 15 is 0 Å². The van der Waals surface area contributed by atoms with Crippen LogP contribution in [0.2, 0.25) is 5.02 Å². The molecule has 2 heterocycles. The molecular weight excluding hydrogens is 338 g/mol. The highest BCUT2D eigenvalue weighted by Gasteiger charge is 2.22. The molecule has 1 aliphatic rings. The zero-order chi connectivity index (χ0) is 17.6. The summed E-state index contributed by atoms with van der Waals surface area (Å²) in [6.07, 6.45) is 0. The molecule has 134 valence electrons. The Kier molecular flexibility index (Phi) is 6.26. The van der Waals surface area contributed by atoms with Crippen LogP contribution in [0.5, 0.6) is 5.75 Å². The number of hydrogen-bond donors (Lipinski definition) is 2. The monoisotopic (exact) mass is 361 g/mol. The second kappa shape index (κ2) is 8.63. The predicted octanol–water partition coefficient (Wildman–Crippen LogP) is 2.91. The molecule has 0 amide bonds. The summed E-state index contributed by atoms with van der Waals surface area (Å²) < 4.78 is 5.48. The SMILES string of the molecule is Cc1ccc(O)c(CNCC(c2cccc(Cl)c2)N2CCOCC2)n1. The first-order valence-corrected chi connectivity index (χ1v) is 8.95. The number of halogens is 1. The summed E-state index contributed by atoms with van der Waals surface area (Å²) in [5.41, 5.74) is 2.75. The van der Waals surface area contributed by atoms with Gasteiger partial charge in [-0.1, -0.05) is 23.7 Å². The summed E-state index contributed by atoms with van der Waals surface area (Å²) in [5, 5.41) is 14.1. The van der Waals surface area contributed by atoms with Crippen LogP contribution in [0.1, 0.15) is 23.0 Å². The molecule has 6 heteroatoms. The maximum Gasteiger partial charge on any atom is 0.138 e. The second-order valence-electron chi connectivity index (χ2n) is 6.27. The molecule has 0 bridgehead atoms. The number of pyridine rings is 1. The lowest BCUT2D eigenvalue weighted by molar-refractivity contribution is 0.0161. The normalized spacial score (nSPS) is 16.7. The lowest BCUT2D eigenvalue weighted by atomic mass is 10.0. The number of rotatable bonds is 6. The Balaban J connectivity index is 1.70. The molecule has 1 atom stereocenters. The fourth-order valence-corrected chi connectivity index (χ4v) is 3.32. The summed E-state index contributed by atoms with van der Waals surface area (Å²) in [7, 11) is 0. The fourth-order valence-electron chi connectivity index (χ4n) is 3.12. The van der Waals surface area contributed by atoms with Gasteiger partial charge in [-0.25, -0.2) is 0 Å². The van der Waals surface area contributed by atoms with Gasteiger partial charge in [0, 0.05) is 42.9 Å². The van der Waals surface area contributed by atoms with Crippen LogP contribution < -0.4 is 5.32 Å². The molecule has 1 aliphatic heterocycles. The molecule has 25 heavy (non-hydrogen) atoms. The average molecular weight is 362 g/mol. The van der Waals surface area contributed by atoms with Gasteiger partial charge < -0.3 is 15.2 Å². The van der Waals surface area contributed by atoms with E-state index < -0.39 is 0 Å². The van der Waals surface area contributed by atoms with Gasteiger partial charge in [0.15, 0.2) is 0 Å². The lowest BCUT2D eigenvalue weighted by Crippen LogP contribution is -2.42. The molecule has 0 radical (unpaired) electrons. The second-order valence-corrected chi connectivity index (χ2v) is 6.70. The molecule has 2 N–H and O–H groups in total. The van der Waals surface area contributed by atoms with E-state index in [1.54, 1.807) is 12.1 Å². The number of hydrogen-bond acceptors (Lipinski definition) is 5. The zero-order valence-corrected chi connectivity index (χ0v) is 15.2. The quantitative estimate of drug-likeness (QED) is 0.828. The number of aryl methyl sites for hydroxylation is 1. The summed E-state index contributed by atoms with van der Waals surface area (Å²) in [5.74, 6) is 0.226. The van der Waals surface area contributed by atoms with Crippen molar-refractivity contribution in [2.75, 3.05) is 32.8 Å². The minimum Gasteiger partial charge on any atom is -0.506 e. The van der Waals surface area contributed by atoms with E-state index in [0.29, 0.717) is 12.2 Å². The van der Waals surface area contributed by atoms with Gasteiger partial charge >= 0.3 is 0 Å². The van der Waals surface area contributed by atoms with Gasteiger partial charge in [0.05, 0.1) is 18.9 Å². The van der Waals surface area contributed by atoms with E-state index in [1.807, 2.05) is 25.1 Å². The van der Waals surface area contributed by atoms with Gasteiger partial charge in [0.25, 0.3) is 0 Å². The van der Waals surface area contributed by atoms with Crippen LogP contribution in [0.4, 0.5) is 0 Å². The maximum absolute atomic E-state index is 9.96. The van der Waals surface area contributed by atoms with E-state index in [4.69, 9.17) is 16.3 Å². The van der Waals surface area contributed by atoms with Crippen LogP contribution in [0, 0.1) is 6.92 Å². The Hall–Kier alpha value is -1.66. The first-order valence-electron chi connectivity index (χ1n) is 8.57. The maximum atomic E-state index is 9.96. The highest BCUT2D eigenvalue weighted by Crippen LogP contribution is 2.24. The van der Waals surface area contributed by atoms with Crippen molar-refractivity contribution in [3.63, 3.8) is 0 Å². The molecule has 3 rings (SSSR count). The number of benzene rings is 1. The third-order valence-corrected chi connectivity index (χ3v) is 4.67. The van der Waals surface area contributed by atoms with Crippen LogP contribution in [0.3, 0.4) is 0 Å². The Bertz CT molecular complexity index is 705. The van der Waals surface area contributed by atoms with Gasteiger partial charge in [-0.2, -0.15) is 0 Å². The van der Waals surface area contributed by atoms with E-state index in [0.717, 1.165) is 43.6 Å². The van der Waals surface area contributed by atoms with Gasteiger partial charge in [-0.3, -0.25) is 9.88 Å². The van der Waals surface area contributed by atoms with E-state index in [-0.39, 0.29) is 11.8 Å².